The molecule has 2 heteroatoms. The highest BCUT2D eigenvalue weighted by Crippen LogP contribution is 2.26. The van der Waals surface area contributed by atoms with Crippen LogP contribution < -0.4 is 5.73 Å². The number of amides is 1. The normalized spacial score (nSPS) is 12.6. The van der Waals surface area contributed by atoms with E-state index in [1.165, 1.54) is 16.3 Å². The number of hydrogen-bond acceptors (Lipinski definition) is 1. The van der Waals surface area contributed by atoms with Crippen LogP contribution in [0.2, 0.25) is 0 Å². The van der Waals surface area contributed by atoms with Crippen LogP contribution in [0.1, 0.15) is 23.5 Å². The highest BCUT2D eigenvalue weighted by molar-refractivity contribution is 5.86. The van der Waals surface area contributed by atoms with Crippen molar-refractivity contribution in [3.05, 3.63) is 54.4 Å². The van der Waals surface area contributed by atoms with Crippen molar-refractivity contribution in [1.82, 2.24) is 0 Å². The average Bonchev–Trinajstić information content (AvgIpc) is 2.28. The number of fused-ring (bicyclic) bond motifs is 1. The van der Waals surface area contributed by atoms with Gasteiger partial charge in [-0.3, -0.25) is 4.79 Å². The molecule has 2 rings (SSSR count). The molecule has 2 nitrogen and oxygen atoms in total. The molecular formula is C15H16NO. The van der Waals surface area contributed by atoms with Gasteiger partial charge < -0.3 is 5.73 Å². The van der Waals surface area contributed by atoms with Crippen LogP contribution in [0.25, 0.3) is 10.8 Å². The van der Waals surface area contributed by atoms with Crippen LogP contribution in [0.5, 0.6) is 0 Å². The molecule has 2 aromatic rings. The summed E-state index contributed by atoms with van der Waals surface area (Å²) in [5.41, 5.74) is 7.48. The van der Waals surface area contributed by atoms with Gasteiger partial charge in [-0.25, -0.2) is 0 Å². The largest absolute Gasteiger partial charge is 0.370 e. The number of carbonyl (C=O) groups is 1. The van der Waals surface area contributed by atoms with Crippen molar-refractivity contribution in [2.24, 2.45) is 5.73 Å². The van der Waals surface area contributed by atoms with E-state index in [-0.39, 0.29) is 18.2 Å². The Balaban J connectivity index is 2.46. The number of carbonyl (C=O) groups excluding carboxylic acids is 1. The van der Waals surface area contributed by atoms with Gasteiger partial charge in [0.05, 0.1) is 0 Å². The molecule has 2 N–H and O–H groups in total. The Morgan fingerprint density at radius 1 is 1.35 bits per heavy atom. The van der Waals surface area contributed by atoms with Crippen LogP contribution in [0.4, 0.5) is 0 Å². The molecule has 0 heterocycles. The molecule has 1 atom stereocenters. The topological polar surface area (TPSA) is 43.1 Å². The molecule has 0 aliphatic carbocycles. The molecule has 2 aromatic carbocycles. The molecule has 1 unspecified atom stereocenters. The summed E-state index contributed by atoms with van der Waals surface area (Å²) in [6.07, 6.45) is 0.289. The van der Waals surface area contributed by atoms with Crippen molar-refractivity contribution in [3.63, 3.8) is 0 Å². The van der Waals surface area contributed by atoms with Crippen LogP contribution in [0.3, 0.4) is 0 Å². The summed E-state index contributed by atoms with van der Waals surface area (Å²) in [5.74, 6) is -0.383. The van der Waals surface area contributed by atoms with E-state index in [1.807, 2.05) is 12.1 Å². The maximum atomic E-state index is 10.9. The summed E-state index contributed by atoms with van der Waals surface area (Å²) < 4.78 is 0. The molecule has 0 saturated heterocycles. The second kappa shape index (κ2) is 4.58. The lowest BCUT2D eigenvalue weighted by Crippen LogP contribution is -2.13. The predicted octanol–water partition coefficient (Wildman–Crippen LogP) is 2.94. The fourth-order valence-corrected chi connectivity index (χ4v) is 2.13. The summed E-state index contributed by atoms with van der Waals surface area (Å²) in [5, 5.41) is 2.42. The van der Waals surface area contributed by atoms with E-state index in [9.17, 15) is 4.79 Å². The molecule has 17 heavy (non-hydrogen) atoms. The van der Waals surface area contributed by atoms with Crippen LogP contribution in [0, 0.1) is 13.8 Å². The third kappa shape index (κ3) is 2.47. The van der Waals surface area contributed by atoms with E-state index in [1.54, 1.807) is 0 Å². The molecule has 0 spiro atoms. The van der Waals surface area contributed by atoms with E-state index in [2.05, 4.69) is 38.1 Å². The van der Waals surface area contributed by atoms with Crippen LogP contribution in [-0.2, 0) is 4.79 Å². The molecule has 0 saturated carbocycles. The third-order valence-electron chi connectivity index (χ3n) is 3.01. The van der Waals surface area contributed by atoms with E-state index < -0.39 is 0 Å². The van der Waals surface area contributed by atoms with Gasteiger partial charge in [-0.1, -0.05) is 36.4 Å². The minimum atomic E-state index is -0.309. The van der Waals surface area contributed by atoms with Gasteiger partial charge in [0.25, 0.3) is 0 Å². The van der Waals surface area contributed by atoms with Gasteiger partial charge in [0, 0.05) is 6.42 Å². The summed E-state index contributed by atoms with van der Waals surface area (Å²) in [6.45, 7) is 6.07. The Bertz CT molecular complexity index is 560. The molecule has 87 valence electrons. The zero-order chi connectivity index (χ0) is 12.4. The predicted molar refractivity (Wildman–Crippen MR) is 70.6 cm³/mol. The van der Waals surface area contributed by atoms with Gasteiger partial charge in [0.1, 0.15) is 0 Å². The van der Waals surface area contributed by atoms with Crippen molar-refractivity contribution in [2.45, 2.75) is 19.3 Å². The average molecular weight is 226 g/mol. The molecule has 0 aliphatic rings. The van der Waals surface area contributed by atoms with Crippen molar-refractivity contribution in [2.75, 3.05) is 0 Å². The molecule has 1 amide bonds. The van der Waals surface area contributed by atoms with Crippen LogP contribution >= 0.6 is 0 Å². The lowest BCUT2D eigenvalue weighted by Gasteiger charge is -2.12. The van der Waals surface area contributed by atoms with Crippen LogP contribution in [-0.4, -0.2) is 5.91 Å². The maximum Gasteiger partial charge on any atom is 0.218 e. The minimum absolute atomic E-state index is 0.0733. The Kier molecular flexibility index (Phi) is 3.14. The Morgan fingerprint density at radius 2 is 2.06 bits per heavy atom. The monoisotopic (exact) mass is 226 g/mol. The molecule has 0 fully saturated rings. The van der Waals surface area contributed by atoms with Crippen LogP contribution in [0.15, 0.2) is 36.4 Å². The van der Waals surface area contributed by atoms with Gasteiger partial charge in [0.2, 0.25) is 5.91 Å². The quantitative estimate of drug-likeness (QED) is 0.859. The van der Waals surface area contributed by atoms with Crippen molar-refractivity contribution < 1.29 is 4.79 Å². The zero-order valence-corrected chi connectivity index (χ0v) is 9.94. The number of hydrogen-bond donors (Lipinski definition) is 1. The van der Waals surface area contributed by atoms with Gasteiger partial charge in [-0.05, 0) is 41.7 Å². The standard InChI is InChI=1S/C15H16NO/c1-10(8-15(16)17)13-7-11(2)14-6-4-3-5-12(14)9-13/h3-7,9-10H,1,8H2,2H3,(H2,16,17). The number of aryl methyl sites for hydroxylation is 1. The fraction of sp³-hybridized carbons (Fsp3) is 0.200. The second-order valence-corrected chi connectivity index (χ2v) is 4.43. The Hall–Kier alpha value is -1.83. The third-order valence-corrected chi connectivity index (χ3v) is 3.01. The van der Waals surface area contributed by atoms with E-state index in [0.29, 0.717) is 0 Å². The van der Waals surface area contributed by atoms with E-state index in [4.69, 9.17) is 5.73 Å². The zero-order valence-electron chi connectivity index (χ0n) is 9.94. The lowest BCUT2D eigenvalue weighted by molar-refractivity contribution is -0.118. The number of primary amides is 1. The smallest absolute Gasteiger partial charge is 0.218 e. The van der Waals surface area contributed by atoms with E-state index in [0.717, 1.165) is 5.56 Å². The highest BCUT2D eigenvalue weighted by Gasteiger charge is 2.10. The van der Waals surface area contributed by atoms with Gasteiger partial charge in [-0.15, -0.1) is 0 Å². The van der Waals surface area contributed by atoms with Crippen molar-refractivity contribution >= 4 is 16.7 Å². The highest BCUT2D eigenvalue weighted by atomic mass is 16.1. The summed E-state index contributed by atoms with van der Waals surface area (Å²) in [6, 6.07) is 12.4. The maximum absolute atomic E-state index is 10.9. The molecule has 0 aromatic heterocycles. The second-order valence-electron chi connectivity index (χ2n) is 4.43. The minimum Gasteiger partial charge on any atom is -0.370 e. The van der Waals surface area contributed by atoms with Crippen molar-refractivity contribution in [1.29, 1.82) is 0 Å². The number of nitrogens with two attached hydrogens (primary N) is 1. The Labute approximate surface area is 101 Å². The van der Waals surface area contributed by atoms with Crippen molar-refractivity contribution in [3.8, 4) is 0 Å². The van der Waals surface area contributed by atoms with Gasteiger partial charge in [-0.2, -0.15) is 0 Å². The first-order valence-electron chi connectivity index (χ1n) is 5.68. The summed E-state index contributed by atoms with van der Waals surface area (Å²) >= 11 is 0. The number of benzene rings is 2. The first-order chi connectivity index (χ1) is 8.08. The molecule has 1 radical (unpaired) electrons. The molecule has 0 bridgehead atoms. The number of rotatable bonds is 3. The van der Waals surface area contributed by atoms with Gasteiger partial charge >= 0.3 is 0 Å². The van der Waals surface area contributed by atoms with E-state index >= 15 is 0 Å². The summed E-state index contributed by atoms with van der Waals surface area (Å²) in [7, 11) is 0. The first kappa shape index (κ1) is 11.6. The first-order valence-corrected chi connectivity index (χ1v) is 5.68. The van der Waals surface area contributed by atoms with Gasteiger partial charge in [0.15, 0.2) is 0 Å². The molecule has 0 aliphatic heterocycles. The SMILES string of the molecule is [CH2]C(CC(N)=O)c1cc(C)c2ccccc2c1. The summed E-state index contributed by atoms with van der Waals surface area (Å²) in [4.78, 5) is 10.9. The fourth-order valence-electron chi connectivity index (χ4n) is 2.13. The molecular weight excluding hydrogens is 210 g/mol. The Morgan fingerprint density at radius 3 is 2.76 bits per heavy atom. The lowest BCUT2D eigenvalue weighted by atomic mass is 9.92.